The Morgan fingerprint density at radius 2 is 2.25 bits per heavy atom. The molecule has 0 aromatic heterocycles. The number of nitro benzene ring substituents is 1. The van der Waals surface area contributed by atoms with Gasteiger partial charge in [0.25, 0.3) is 5.91 Å². The van der Waals surface area contributed by atoms with Crippen LogP contribution in [0.5, 0.6) is 0 Å². The normalized spacial score (nSPS) is 11.3. The van der Waals surface area contributed by atoms with E-state index < -0.39 is 10.8 Å². The Morgan fingerprint density at radius 1 is 1.60 bits per heavy atom. The van der Waals surface area contributed by atoms with Gasteiger partial charge in [0.15, 0.2) is 0 Å². The van der Waals surface area contributed by atoms with Crippen molar-refractivity contribution in [1.29, 1.82) is 5.26 Å². The van der Waals surface area contributed by atoms with Gasteiger partial charge < -0.3 is 10.2 Å². The maximum absolute atomic E-state index is 12.3. The molecule has 7 nitrogen and oxygen atoms in total. The average Bonchev–Trinajstić information content (AvgIpc) is 2.44. The van der Waals surface area contributed by atoms with E-state index in [1.807, 2.05) is 6.07 Å². The van der Waals surface area contributed by atoms with Gasteiger partial charge in [0.2, 0.25) is 0 Å². The highest BCUT2D eigenvalue weighted by molar-refractivity contribution is 6.00. The monoisotopic (exact) mass is 276 g/mol. The zero-order chi connectivity index (χ0) is 15.3. The number of nitrogens with one attached hydrogen (secondary N) is 1. The maximum Gasteiger partial charge on any atom is 0.305 e. The first-order valence-electron chi connectivity index (χ1n) is 6.02. The number of benzene rings is 1. The molecule has 1 aromatic rings. The summed E-state index contributed by atoms with van der Waals surface area (Å²) < 4.78 is 0. The third kappa shape index (κ3) is 3.23. The molecule has 0 aliphatic rings. The standard InChI is InChI=1S/C13H16N4O3/c1-9(7-14)8-16(3)13(18)10-5-4-6-11(15-2)12(10)17(19)20/h4-6,9,15H,8H2,1-3H3. The number of nitrogens with zero attached hydrogens (tertiary/aromatic N) is 3. The number of anilines is 1. The van der Waals surface area contributed by atoms with Crippen molar-refractivity contribution in [1.82, 2.24) is 4.90 Å². The van der Waals surface area contributed by atoms with Crippen LogP contribution in [0.1, 0.15) is 17.3 Å². The van der Waals surface area contributed by atoms with Gasteiger partial charge in [0, 0.05) is 20.6 Å². The Bertz CT molecular complexity index is 565. The minimum Gasteiger partial charge on any atom is -0.383 e. The van der Waals surface area contributed by atoms with Gasteiger partial charge in [-0.25, -0.2) is 0 Å². The van der Waals surface area contributed by atoms with Crippen molar-refractivity contribution in [3.05, 3.63) is 33.9 Å². The molecular formula is C13H16N4O3. The van der Waals surface area contributed by atoms with Gasteiger partial charge in [-0.3, -0.25) is 14.9 Å². The zero-order valence-corrected chi connectivity index (χ0v) is 11.6. The van der Waals surface area contributed by atoms with Crippen LogP contribution < -0.4 is 5.32 Å². The molecule has 7 heteroatoms. The summed E-state index contributed by atoms with van der Waals surface area (Å²) in [5.41, 5.74) is 0.0357. The first-order valence-corrected chi connectivity index (χ1v) is 6.02. The third-order valence-corrected chi connectivity index (χ3v) is 2.83. The molecule has 0 radical (unpaired) electrons. The Hall–Kier alpha value is -2.62. The van der Waals surface area contributed by atoms with Crippen LogP contribution in [0, 0.1) is 27.4 Å². The number of amides is 1. The summed E-state index contributed by atoms with van der Waals surface area (Å²) >= 11 is 0. The lowest BCUT2D eigenvalue weighted by molar-refractivity contribution is -0.384. The van der Waals surface area contributed by atoms with E-state index in [9.17, 15) is 14.9 Å². The highest BCUT2D eigenvalue weighted by Crippen LogP contribution is 2.29. The molecule has 1 amide bonds. The number of nitriles is 1. The number of nitro groups is 1. The summed E-state index contributed by atoms with van der Waals surface area (Å²) in [5.74, 6) is -0.814. The van der Waals surface area contributed by atoms with E-state index >= 15 is 0 Å². The topological polar surface area (TPSA) is 99.3 Å². The van der Waals surface area contributed by atoms with Gasteiger partial charge in [-0.1, -0.05) is 6.07 Å². The second-order valence-corrected chi connectivity index (χ2v) is 4.42. The molecule has 1 atom stereocenters. The maximum atomic E-state index is 12.3. The summed E-state index contributed by atoms with van der Waals surface area (Å²) in [7, 11) is 3.07. The van der Waals surface area contributed by atoms with Gasteiger partial charge in [-0.05, 0) is 19.1 Å². The number of carbonyl (C=O) groups is 1. The van der Waals surface area contributed by atoms with Crippen LogP contribution in [0.15, 0.2) is 18.2 Å². The molecule has 0 bridgehead atoms. The Kier molecular flexibility index (Phi) is 5.03. The molecular weight excluding hydrogens is 260 g/mol. The second kappa shape index (κ2) is 6.52. The molecule has 0 aliphatic heterocycles. The first kappa shape index (κ1) is 15.4. The Balaban J connectivity index is 3.16. The molecule has 0 heterocycles. The largest absolute Gasteiger partial charge is 0.383 e. The van der Waals surface area contributed by atoms with Crippen molar-refractivity contribution < 1.29 is 9.72 Å². The van der Waals surface area contributed by atoms with Crippen LogP contribution in [0.4, 0.5) is 11.4 Å². The SMILES string of the molecule is CNc1cccc(C(=O)N(C)CC(C)C#N)c1[N+](=O)[O-]. The molecule has 0 saturated carbocycles. The lowest BCUT2D eigenvalue weighted by Crippen LogP contribution is -2.31. The lowest BCUT2D eigenvalue weighted by atomic mass is 10.1. The number of hydrogen-bond acceptors (Lipinski definition) is 5. The fourth-order valence-electron chi connectivity index (χ4n) is 1.85. The van der Waals surface area contributed by atoms with Crippen molar-refractivity contribution in [3.63, 3.8) is 0 Å². The van der Waals surface area contributed by atoms with Gasteiger partial charge in [-0.2, -0.15) is 5.26 Å². The lowest BCUT2D eigenvalue weighted by Gasteiger charge is -2.18. The molecule has 0 aliphatic carbocycles. The van der Waals surface area contributed by atoms with Crippen molar-refractivity contribution in [2.24, 2.45) is 5.92 Å². The summed E-state index contributed by atoms with van der Waals surface area (Å²) in [6.07, 6.45) is 0. The van der Waals surface area contributed by atoms with Crippen molar-refractivity contribution in [2.75, 3.05) is 26.0 Å². The van der Waals surface area contributed by atoms with Crippen LogP contribution >= 0.6 is 0 Å². The van der Waals surface area contributed by atoms with Gasteiger partial charge in [-0.15, -0.1) is 0 Å². The zero-order valence-electron chi connectivity index (χ0n) is 11.6. The predicted molar refractivity (Wildman–Crippen MR) is 74.4 cm³/mol. The van der Waals surface area contributed by atoms with E-state index in [0.717, 1.165) is 0 Å². The van der Waals surface area contributed by atoms with Crippen LogP contribution in [0.3, 0.4) is 0 Å². The van der Waals surface area contributed by atoms with Crippen LogP contribution in [-0.2, 0) is 0 Å². The summed E-state index contributed by atoms with van der Waals surface area (Å²) in [5, 5.41) is 22.6. The smallest absolute Gasteiger partial charge is 0.305 e. The van der Waals surface area contributed by atoms with E-state index in [1.54, 1.807) is 20.0 Å². The van der Waals surface area contributed by atoms with Gasteiger partial charge in [0.1, 0.15) is 11.3 Å². The first-order chi connectivity index (χ1) is 9.42. The molecule has 0 spiro atoms. The van der Waals surface area contributed by atoms with E-state index in [1.165, 1.54) is 24.1 Å². The van der Waals surface area contributed by atoms with Crippen molar-refractivity contribution in [2.45, 2.75) is 6.92 Å². The molecule has 1 aromatic carbocycles. The third-order valence-electron chi connectivity index (χ3n) is 2.83. The quantitative estimate of drug-likeness (QED) is 0.653. The molecule has 1 N–H and O–H groups in total. The minimum atomic E-state index is -0.583. The molecule has 20 heavy (non-hydrogen) atoms. The highest BCUT2D eigenvalue weighted by Gasteiger charge is 2.26. The summed E-state index contributed by atoms with van der Waals surface area (Å²) in [4.78, 5) is 24.2. The number of carbonyl (C=O) groups excluding carboxylic acids is 1. The minimum absolute atomic E-state index is 0.00879. The Labute approximate surface area is 117 Å². The second-order valence-electron chi connectivity index (χ2n) is 4.42. The van der Waals surface area contributed by atoms with Crippen molar-refractivity contribution in [3.8, 4) is 6.07 Å². The molecule has 106 valence electrons. The average molecular weight is 276 g/mol. The fraction of sp³-hybridized carbons (Fsp3) is 0.385. The van der Waals surface area contributed by atoms with E-state index in [0.29, 0.717) is 0 Å². The molecule has 1 unspecified atom stereocenters. The van der Waals surface area contributed by atoms with E-state index in [-0.39, 0.29) is 29.4 Å². The Morgan fingerprint density at radius 3 is 2.75 bits per heavy atom. The molecule has 0 saturated heterocycles. The number of rotatable bonds is 5. The van der Waals surface area contributed by atoms with Crippen molar-refractivity contribution >= 4 is 17.3 Å². The van der Waals surface area contributed by atoms with E-state index in [2.05, 4.69) is 5.32 Å². The van der Waals surface area contributed by atoms with Gasteiger partial charge in [0.05, 0.1) is 16.9 Å². The van der Waals surface area contributed by atoms with Crippen LogP contribution in [0.2, 0.25) is 0 Å². The predicted octanol–water partition coefficient (Wildman–Crippen LogP) is 1.87. The molecule has 0 fully saturated rings. The number of para-hydroxylation sites is 1. The van der Waals surface area contributed by atoms with Crippen LogP contribution in [0.25, 0.3) is 0 Å². The summed E-state index contributed by atoms with van der Waals surface area (Å²) in [6.45, 7) is 1.90. The van der Waals surface area contributed by atoms with Crippen LogP contribution in [-0.4, -0.2) is 36.4 Å². The number of hydrogen-bond donors (Lipinski definition) is 1. The highest BCUT2D eigenvalue weighted by atomic mass is 16.6. The van der Waals surface area contributed by atoms with Gasteiger partial charge >= 0.3 is 5.69 Å². The summed E-state index contributed by atoms with van der Waals surface area (Å²) in [6, 6.07) is 6.55. The fourth-order valence-corrected chi connectivity index (χ4v) is 1.85. The van der Waals surface area contributed by atoms with E-state index in [4.69, 9.17) is 5.26 Å². The molecule has 1 rings (SSSR count).